The van der Waals surface area contributed by atoms with Crippen LogP contribution in [0.15, 0.2) is 10.8 Å². The number of rotatable bonds is 4. The van der Waals surface area contributed by atoms with E-state index in [-0.39, 0.29) is 12.1 Å². The van der Waals surface area contributed by atoms with Crippen molar-refractivity contribution < 1.29 is 4.74 Å². The lowest BCUT2D eigenvalue weighted by Gasteiger charge is -2.21. The molecule has 94 valence electrons. The Hall–Kier alpha value is -0.920. The van der Waals surface area contributed by atoms with Crippen molar-refractivity contribution in [2.75, 3.05) is 17.3 Å². The molecular formula is C10H16BrN5O. The van der Waals surface area contributed by atoms with E-state index in [0.717, 1.165) is 29.7 Å². The summed E-state index contributed by atoms with van der Waals surface area (Å²) in [6.45, 7) is 2.93. The quantitative estimate of drug-likeness (QED) is 0.577. The third-order valence-corrected chi connectivity index (χ3v) is 3.56. The van der Waals surface area contributed by atoms with Crippen molar-refractivity contribution in [3.8, 4) is 0 Å². The zero-order chi connectivity index (χ0) is 12.3. The number of hydrazine groups is 1. The second-order valence-electron chi connectivity index (χ2n) is 4.01. The molecule has 0 amide bonds. The summed E-state index contributed by atoms with van der Waals surface area (Å²) in [5.74, 6) is 6.63. The summed E-state index contributed by atoms with van der Waals surface area (Å²) in [6, 6.07) is 0.203. The van der Waals surface area contributed by atoms with Crippen LogP contribution in [0.2, 0.25) is 0 Å². The van der Waals surface area contributed by atoms with E-state index in [1.807, 2.05) is 0 Å². The van der Waals surface area contributed by atoms with Crippen molar-refractivity contribution >= 4 is 27.6 Å². The van der Waals surface area contributed by atoms with E-state index >= 15 is 0 Å². The summed E-state index contributed by atoms with van der Waals surface area (Å²) < 4.78 is 6.35. The van der Waals surface area contributed by atoms with E-state index in [0.29, 0.717) is 5.82 Å². The topological polar surface area (TPSA) is 85.1 Å². The molecule has 0 aromatic carbocycles. The minimum absolute atomic E-state index is 0.203. The molecule has 0 saturated carbocycles. The first-order chi connectivity index (χ1) is 8.22. The molecule has 0 radical (unpaired) electrons. The number of hydrogen-bond acceptors (Lipinski definition) is 6. The lowest BCUT2D eigenvalue weighted by atomic mass is 10.1. The summed E-state index contributed by atoms with van der Waals surface area (Å²) in [6.07, 6.45) is 3.91. The zero-order valence-corrected chi connectivity index (χ0v) is 11.2. The van der Waals surface area contributed by atoms with Gasteiger partial charge < -0.3 is 15.5 Å². The number of aromatic nitrogens is 2. The fourth-order valence-electron chi connectivity index (χ4n) is 1.88. The van der Waals surface area contributed by atoms with Gasteiger partial charge in [-0.05, 0) is 35.7 Å². The van der Waals surface area contributed by atoms with Crippen LogP contribution in [-0.4, -0.2) is 28.7 Å². The normalized spacial score (nSPS) is 21.2. The maximum Gasteiger partial charge on any atom is 0.159 e. The first-order valence-corrected chi connectivity index (χ1v) is 6.37. The van der Waals surface area contributed by atoms with Gasteiger partial charge in [-0.25, -0.2) is 15.8 Å². The van der Waals surface area contributed by atoms with Crippen LogP contribution in [-0.2, 0) is 4.74 Å². The molecule has 6 nitrogen and oxygen atoms in total. The Morgan fingerprint density at radius 1 is 1.53 bits per heavy atom. The molecule has 1 aromatic rings. The van der Waals surface area contributed by atoms with Crippen LogP contribution < -0.4 is 16.6 Å². The minimum Gasteiger partial charge on any atom is -0.376 e. The molecule has 0 aliphatic carbocycles. The molecule has 2 unspecified atom stereocenters. The number of ether oxygens (including phenoxy) is 1. The van der Waals surface area contributed by atoms with Crippen LogP contribution in [0.3, 0.4) is 0 Å². The number of anilines is 2. The van der Waals surface area contributed by atoms with Gasteiger partial charge in [0, 0.05) is 6.61 Å². The molecule has 2 heterocycles. The van der Waals surface area contributed by atoms with Gasteiger partial charge in [-0.2, -0.15) is 0 Å². The van der Waals surface area contributed by atoms with Gasteiger partial charge in [-0.1, -0.05) is 0 Å². The van der Waals surface area contributed by atoms with Crippen LogP contribution in [0.5, 0.6) is 0 Å². The van der Waals surface area contributed by atoms with Gasteiger partial charge in [0.2, 0.25) is 0 Å². The van der Waals surface area contributed by atoms with Crippen molar-refractivity contribution in [3.05, 3.63) is 10.8 Å². The zero-order valence-electron chi connectivity index (χ0n) is 9.61. The largest absolute Gasteiger partial charge is 0.376 e. The van der Waals surface area contributed by atoms with Gasteiger partial charge in [-0.15, -0.1) is 0 Å². The molecule has 0 bridgehead atoms. The summed E-state index contributed by atoms with van der Waals surface area (Å²) in [5.41, 5.74) is 2.51. The van der Waals surface area contributed by atoms with Crippen molar-refractivity contribution in [1.82, 2.24) is 9.97 Å². The van der Waals surface area contributed by atoms with Crippen LogP contribution in [0.4, 0.5) is 11.6 Å². The first kappa shape index (κ1) is 12.5. The summed E-state index contributed by atoms with van der Waals surface area (Å²) in [7, 11) is 0. The minimum atomic E-state index is 0.203. The molecule has 1 aliphatic rings. The number of hydrogen-bond donors (Lipinski definition) is 3. The van der Waals surface area contributed by atoms with Gasteiger partial charge in [0.05, 0.1) is 12.1 Å². The standard InChI is InChI=1S/C10H16BrN5O/c1-6(7-3-2-4-17-7)15-9-8(11)10(16-12)14-5-13-9/h5-7H,2-4,12H2,1H3,(H2,13,14,15,16). The van der Waals surface area contributed by atoms with Crippen molar-refractivity contribution in [2.24, 2.45) is 5.84 Å². The number of nitrogens with one attached hydrogen (secondary N) is 2. The van der Waals surface area contributed by atoms with Crippen molar-refractivity contribution in [1.29, 1.82) is 0 Å². The maximum absolute atomic E-state index is 5.62. The second kappa shape index (κ2) is 5.61. The van der Waals surface area contributed by atoms with Gasteiger partial charge in [0.25, 0.3) is 0 Å². The van der Waals surface area contributed by atoms with Crippen LogP contribution in [0.1, 0.15) is 19.8 Å². The maximum atomic E-state index is 5.62. The highest BCUT2D eigenvalue weighted by molar-refractivity contribution is 9.10. The van der Waals surface area contributed by atoms with Gasteiger partial charge in [0.15, 0.2) is 5.82 Å². The molecule has 2 atom stereocenters. The Labute approximate surface area is 108 Å². The Morgan fingerprint density at radius 2 is 2.29 bits per heavy atom. The predicted octanol–water partition coefficient (Wildman–Crippen LogP) is 1.50. The average Bonchev–Trinajstić information content (AvgIpc) is 2.85. The molecule has 1 fully saturated rings. The van der Waals surface area contributed by atoms with E-state index in [1.54, 1.807) is 0 Å². The van der Waals surface area contributed by atoms with Crippen LogP contribution in [0.25, 0.3) is 0 Å². The summed E-state index contributed by atoms with van der Waals surface area (Å²) in [4.78, 5) is 8.17. The Morgan fingerprint density at radius 3 is 2.94 bits per heavy atom. The SMILES string of the molecule is CC(Nc1ncnc(NN)c1Br)C1CCCO1. The summed E-state index contributed by atoms with van der Waals surface area (Å²) in [5, 5.41) is 3.31. The lowest BCUT2D eigenvalue weighted by Crippen LogP contribution is -2.30. The van der Waals surface area contributed by atoms with E-state index in [2.05, 4.69) is 43.6 Å². The molecule has 1 aromatic heterocycles. The Kier molecular flexibility index (Phi) is 4.14. The average molecular weight is 302 g/mol. The molecule has 17 heavy (non-hydrogen) atoms. The molecule has 1 aliphatic heterocycles. The molecule has 4 N–H and O–H groups in total. The second-order valence-corrected chi connectivity index (χ2v) is 4.81. The first-order valence-electron chi connectivity index (χ1n) is 5.57. The lowest BCUT2D eigenvalue weighted by molar-refractivity contribution is 0.0995. The molecular weight excluding hydrogens is 286 g/mol. The number of halogens is 1. The Bertz CT molecular complexity index is 383. The fraction of sp³-hybridized carbons (Fsp3) is 0.600. The number of nitrogens with zero attached hydrogens (tertiary/aromatic N) is 2. The molecule has 1 saturated heterocycles. The van der Waals surface area contributed by atoms with Gasteiger partial charge in [0.1, 0.15) is 16.6 Å². The number of nitrogens with two attached hydrogens (primary N) is 1. The molecule has 7 heteroatoms. The highest BCUT2D eigenvalue weighted by Gasteiger charge is 2.23. The van der Waals surface area contributed by atoms with E-state index in [9.17, 15) is 0 Å². The highest BCUT2D eigenvalue weighted by Crippen LogP contribution is 2.27. The Balaban J connectivity index is 2.07. The van der Waals surface area contributed by atoms with Crippen molar-refractivity contribution in [3.63, 3.8) is 0 Å². The summed E-state index contributed by atoms with van der Waals surface area (Å²) >= 11 is 3.41. The third-order valence-electron chi connectivity index (χ3n) is 2.81. The highest BCUT2D eigenvalue weighted by atomic mass is 79.9. The third kappa shape index (κ3) is 2.85. The number of nitrogen functional groups attached to an aromatic ring is 1. The van der Waals surface area contributed by atoms with E-state index in [4.69, 9.17) is 10.6 Å². The van der Waals surface area contributed by atoms with Gasteiger partial charge >= 0.3 is 0 Å². The predicted molar refractivity (Wildman–Crippen MR) is 69.6 cm³/mol. The van der Waals surface area contributed by atoms with E-state index < -0.39 is 0 Å². The molecule has 0 spiro atoms. The van der Waals surface area contributed by atoms with Crippen LogP contribution >= 0.6 is 15.9 Å². The van der Waals surface area contributed by atoms with Gasteiger partial charge in [-0.3, -0.25) is 0 Å². The smallest absolute Gasteiger partial charge is 0.159 e. The fourth-order valence-corrected chi connectivity index (χ4v) is 2.31. The van der Waals surface area contributed by atoms with E-state index in [1.165, 1.54) is 6.33 Å². The molecule has 2 rings (SSSR count). The van der Waals surface area contributed by atoms with Crippen molar-refractivity contribution in [2.45, 2.75) is 31.9 Å². The van der Waals surface area contributed by atoms with Crippen LogP contribution in [0, 0.1) is 0 Å². The monoisotopic (exact) mass is 301 g/mol.